The molecule has 4 heteroatoms. The number of nitrogens with one attached hydrogen (secondary N) is 1. The Labute approximate surface area is 126 Å². The molecule has 0 aromatic heterocycles. The van der Waals surface area contributed by atoms with Crippen molar-refractivity contribution in [1.82, 2.24) is 10.2 Å². The monoisotopic (exact) mass is 292 g/mol. The van der Waals surface area contributed by atoms with E-state index in [9.17, 15) is 4.39 Å². The number of rotatable bonds is 6. The summed E-state index contributed by atoms with van der Waals surface area (Å²) >= 11 is 0. The third-order valence-electron chi connectivity index (χ3n) is 4.62. The van der Waals surface area contributed by atoms with Crippen molar-refractivity contribution in [2.45, 2.75) is 38.3 Å². The normalized spacial score (nSPS) is 20.0. The summed E-state index contributed by atoms with van der Waals surface area (Å²) in [6.45, 7) is 4.29. The number of halogens is 1. The van der Waals surface area contributed by atoms with Crippen LogP contribution in [-0.4, -0.2) is 37.7 Å². The molecule has 116 valence electrons. The predicted octanol–water partition coefficient (Wildman–Crippen LogP) is 2.80. The van der Waals surface area contributed by atoms with Crippen LogP contribution in [0, 0.1) is 11.7 Å². The lowest BCUT2D eigenvalue weighted by Crippen LogP contribution is -2.37. The van der Waals surface area contributed by atoms with E-state index in [-0.39, 0.29) is 5.82 Å². The molecule has 21 heavy (non-hydrogen) atoms. The Morgan fingerprint density at radius 3 is 2.62 bits per heavy atom. The summed E-state index contributed by atoms with van der Waals surface area (Å²) in [6, 6.07) is 6.06. The minimum absolute atomic E-state index is 0.257. The van der Waals surface area contributed by atoms with Gasteiger partial charge in [0.2, 0.25) is 0 Å². The van der Waals surface area contributed by atoms with Gasteiger partial charge in [0.15, 0.2) is 11.6 Å². The van der Waals surface area contributed by atoms with Gasteiger partial charge in [-0.3, -0.25) is 4.90 Å². The maximum atomic E-state index is 13.8. The van der Waals surface area contributed by atoms with Crippen molar-refractivity contribution < 1.29 is 9.13 Å². The highest BCUT2D eigenvalue weighted by Gasteiger charge is 2.31. The van der Waals surface area contributed by atoms with Gasteiger partial charge in [-0.25, -0.2) is 4.39 Å². The van der Waals surface area contributed by atoms with E-state index in [4.69, 9.17) is 4.74 Å². The van der Waals surface area contributed by atoms with E-state index in [1.807, 2.05) is 6.07 Å². The van der Waals surface area contributed by atoms with Crippen LogP contribution in [0.3, 0.4) is 0 Å². The highest BCUT2D eigenvalue weighted by molar-refractivity contribution is 5.29. The number of ether oxygens (including phenoxy) is 1. The van der Waals surface area contributed by atoms with Crippen LogP contribution >= 0.6 is 0 Å². The number of nitrogens with zero attached hydrogens (tertiary/aromatic N) is 1. The Hall–Kier alpha value is -1.13. The average molecular weight is 292 g/mol. The molecule has 1 aromatic rings. The zero-order valence-electron chi connectivity index (χ0n) is 12.8. The fourth-order valence-electron chi connectivity index (χ4n) is 3.22. The Kier molecular flexibility index (Phi) is 4.76. The van der Waals surface area contributed by atoms with E-state index in [0.717, 1.165) is 37.7 Å². The predicted molar refractivity (Wildman–Crippen MR) is 82.0 cm³/mol. The topological polar surface area (TPSA) is 24.5 Å². The second-order valence-corrected chi connectivity index (χ2v) is 6.32. The molecule has 0 amide bonds. The maximum Gasteiger partial charge on any atom is 0.165 e. The van der Waals surface area contributed by atoms with Gasteiger partial charge in [0.25, 0.3) is 0 Å². The van der Waals surface area contributed by atoms with Crippen LogP contribution < -0.4 is 10.1 Å². The van der Waals surface area contributed by atoms with Crippen molar-refractivity contribution in [3.05, 3.63) is 29.6 Å². The van der Waals surface area contributed by atoms with Crippen LogP contribution in [0.15, 0.2) is 18.2 Å². The first-order chi connectivity index (χ1) is 10.3. The summed E-state index contributed by atoms with van der Waals surface area (Å²) in [7, 11) is 1.51. The van der Waals surface area contributed by atoms with Gasteiger partial charge in [0, 0.05) is 19.1 Å². The van der Waals surface area contributed by atoms with Crippen LogP contribution in [0.4, 0.5) is 4.39 Å². The zero-order chi connectivity index (χ0) is 14.7. The third-order valence-corrected chi connectivity index (χ3v) is 4.62. The fraction of sp³-hybridized carbons (Fsp3) is 0.647. The Balaban J connectivity index is 1.63. The quantitative estimate of drug-likeness (QED) is 0.872. The molecule has 0 bridgehead atoms. The second kappa shape index (κ2) is 6.75. The Bertz CT molecular complexity index is 470. The van der Waals surface area contributed by atoms with Crippen molar-refractivity contribution in [2.75, 3.05) is 26.7 Å². The molecule has 0 spiro atoms. The molecule has 1 heterocycles. The number of hydrogen-bond donors (Lipinski definition) is 1. The standard InChI is InChI=1S/C17H25FN2O/c1-21-17-5-2-14(10-16(17)18)12-20(15-3-4-15)11-13-6-8-19-9-7-13/h2,5,10,13,15,19H,3-4,6-9,11-12H2,1H3. The lowest BCUT2D eigenvalue weighted by Gasteiger charge is -2.30. The van der Waals surface area contributed by atoms with Crippen molar-refractivity contribution in [2.24, 2.45) is 5.92 Å². The Morgan fingerprint density at radius 1 is 1.24 bits per heavy atom. The lowest BCUT2D eigenvalue weighted by atomic mass is 9.97. The van der Waals surface area contributed by atoms with Gasteiger partial charge in [-0.15, -0.1) is 0 Å². The first kappa shape index (κ1) is 14.8. The number of benzene rings is 1. The summed E-state index contributed by atoms with van der Waals surface area (Å²) in [4.78, 5) is 2.55. The SMILES string of the molecule is COc1ccc(CN(CC2CCNCC2)C2CC2)cc1F. The third kappa shape index (κ3) is 3.95. The van der Waals surface area contributed by atoms with E-state index in [0.29, 0.717) is 11.8 Å². The first-order valence-corrected chi connectivity index (χ1v) is 8.03. The van der Waals surface area contributed by atoms with Gasteiger partial charge in [-0.1, -0.05) is 6.07 Å². The van der Waals surface area contributed by atoms with Crippen molar-refractivity contribution in [3.8, 4) is 5.75 Å². The van der Waals surface area contributed by atoms with Gasteiger partial charge in [0.1, 0.15) is 0 Å². The molecule has 2 fully saturated rings. The van der Waals surface area contributed by atoms with Crippen molar-refractivity contribution in [3.63, 3.8) is 0 Å². The van der Waals surface area contributed by atoms with Crippen molar-refractivity contribution >= 4 is 0 Å². The highest BCUT2D eigenvalue weighted by atomic mass is 19.1. The molecule has 3 rings (SSSR count). The molecule has 1 aliphatic heterocycles. The lowest BCUT2D eigenvalue weighted by molar-refractivity contribution is 0.190. The van der Waals surface area contributed by atoms with Crippen LogP contribution in [0.5, 0.6) is 5.75 Å². The van der Waals surface area contributed by atoms with Crippen LogP contribution in [0.25, 0.3) is 0 Å². The summed E-state index contributed by atoms with van der Waals surface area (Å²) in [5.41, 5.74) is 1.05. The van der Waals surface area contributed by atoms with E-state index >= 15 is 0 Å². The minimum atomic E-state index is -0.257. The molecule has 0 radical (unpaired) electrons. The molecule has 3 nitrogen and oxygen atoms in total. The van der Waals surface area contributed by atoms with E-state index < -0.39 is 0 Å². The molecule has 1 N–H and O–H groups in total. The molecule has 0 atom stereocenters. The van der Waals surface area contributed by atoms with Gasteiger partial charge in [0.05, 0.1) is 7.11 Å². The first-order valence-electron chi connectivity index (χ1n) is 8.03. The maximum absolute atomic E-state index is 13.8. The number of hydrogen-bond acceptors (Lipinski definition) is 3. The van der Waals surface area contributed by atoms with Crippen LogP contribution in [0.2, 0.25) is 0 Å². The molecule has 1 aliphatic carbocycles. The molecular weight excluding hydrogens is 267 g/mol. The Morgan fingerprint density at radius 2 is 2.00 bits per heavy atom. The summed E-state index contributed by atoms with van der Waals surface area (Å²) in [5.74, 6) is 0.859. The second-order valence-electron chi connectivity index (χ2n) is 6.32. The molecule has 1 saturated heterocycles. The highest BCUT2D eigenvalue weighted by Crippen LogP contribution is 2.31. The van der Waals surface area contributed by atoms with Gasteiger partial charge >= 0.3 is 0 Å². The van der Waals surface area contributed by atoms with Crippen LogP contribution in [0.1, 0.15) is 31.2 Å². The fourth-order valence-corrected chi connectivity index (χ4v) is 3.22. The number of methoxy groups -OCH3 is 1. The van der Waals surface area contributed by atoms with Gasteiger partial charge in [-0.2, -0.15) is 0 Å². The molecular formula is C17H25FN2O. The summed E-state index contributed by atoms with van der Waals surface area (Å²) < 4.78 is 18.8. The van der Waals surface area contributed by atoms with Gasteiger partial charge < -0.3 is 10.1 Å². The molecule has 2 aliphatic rings. The van der Waals surface area contributed by atoms with Crippen molar-refractivity contribution in [1.29, 1.82) is 0 Å². The summed E-state index contributed by atoms with van der Waals surface area (Å²) in [6.07, 6.45) is 5.12. The average Bonchev–Trinajstić information content (AvgIpc) is 3.32. The number of piperidine rings is 1. The largest absolute Gasteiger partial charge is 0.494 e. The van der Waals surface area contributed by atoms with Crippen LogP contribution in [-0.2, 0) is 6.54 Å². The summed E-state index contributed by atoms with van der Waals surface area (Å²) in [5, 5.41) is 3.42. The smallest absolute Gasteiger partial charge is 0.165 e. The van der Waals surface area contributed by atoms with E-state index in [2.05, 4.69) is 10.2 Å². The van der Waals surface area contributed by atoms with E-state index in [1.54, 1.807) is 12.1 Å². The molecule has 0 unspecified atom stereocenters. The minimum Gasteiger partial charge on any atom is -0.494 e. The molecule has 1 saturated carbocycles. The zero-order valence-corrected chi connectivity index (χ0v) is 12.8. The van der Waals surface area contributed by atoms with Gasteiger partial charge in [-0.05, 0) is 62.4 Å². The molecule has 1 aromatic carbocycles. The van der Waals surface area contributed by atoms with E-state index in [1.165, 1.54) is 32.8 Å².